The summed E-state index contributed by atoms with van der Waals surface area (Å²) in [4.78, 5) is 2.48. The summed E-state index contributed by atoms with van der Waals surface area (Å²) in [6, 6.07) is 10.7. The molecule has 1 fully saturated rings. The third-order valence-electron chi connectivity index (χ3n) is 2.84. The highest BCUT2D eigenvalue weighted by atomic mass is 15.3. The smallest absolute Gasteiger partial charge is 0.0571 e. The lowest BCUT2D eigenvalue weighted by atomic mass is 10.2. The van der Waals surface area contributed by atoms with Crippen LogP contribution in [0.5, 0.6) is 0 Å². The van der Waals surface area contributed by atoms with E-state index < -0.39 is 0 Å². The van der Waals surface area contributed by atoms with E-state index in [0.29, 0.717) is 6.17 Å². The summed E-state index contributed by atoms with van der Waals surface area (Å²) in [5, 5.41) is 3.48. The van der Waals surface area contributed by atoms with E-state index in [0.717, 1.165) is 13.1 Å². The molecule has 2 heteroatoms. The molecule has 1 saturated heterocycles. The average Bonchev–Trinajstić information content (AvgIpc) is 2.23. The molecular formula is C12H18N2. The monoisotopic (exact) mass is 190 g/mol. The quantitative estimate of drug-likeness (QED) is 0.765. The second-order valence-corrected chi connectivity index (χ2v) is 3.94. The Kier molecular flexibility index (Phi) is 3.17. The lowest BCUT2D eigenvalue weighted by Gasteiger charge is -2.34. The molecule has 0 aromatic heterocycles. The fourth-order valence-corrected chi connectivity index (χ4v) is 1.95. The Morgan fingerprint density at radius 1 is 1.36 bits per heavy atom. The minimum Gasteiger partial charge on any atom is -0.302 e. The Hall–Kier alpha value is -0.860. The molecule has 0 bridgehead atoms. The van der Waals surface area contributed by atoms with E-state index >= 15 is 0 Å². The Bertz CT molecular complexity index is 271. The average molecular weight is 190 g/mol. The Labute approximate surface area is 85.9 Å². The van der Waals surface area contributed by atoms with Gasteiger partial charge in [-0.15, -0.1) is 0 Å². The highest BCUT2D eigenvalue weighted by Gasteiger charge is 2.16. The minimum atomic E-state index is 0.518. The van der Waals surface area contributed by atoms with Crippen LogP contribution in [-0.4, -0.2) is 24.2 Å². The molecule has 1 aromatic carbocycles. The molecule has 14 heavy (non-hydrogen) atoms. The van der Waals surface area contributed by atoms with Crippen LogP contribution in [0.2, 0.25) is 0 Å². The van der Waals surface area contributed by atoms with Crippen LogP contribution < -0.4 is 5.32 Å². The molecule has 1 unspecified atom stereocenters. The van der Waals surface area contributed by atoms with E-state index in [1.165, 1.54) is 18.5 Å². The van der Waals surface area contributed by atoms with Gasteiger partial charge in [0.2, 0.25) is 0 Å². The zero-order valence-electron chi connectivity index (χ0n) is 8.74. The van der Waals surface area contributed by atoms with Gasteiger partial charge in [-0.25, -0.2) is 0 Å². The molecule has 0 spiro atoms. The van der Waals surface area contributed by atoms with Crippen molar-refractivity contribution in [2.75, 3.05) is 13.1 Å². The molecule has 1 aliphatic heterocycles. The molecule has 0 amide bonds. The van der Waals surface area contributed by atoms with Crippen LogP contribution in [0, 0.1) is 0 Å². The first-order valence-electron chi connectivity index (χ1n) is 5.37. The van der Waals surface area contributed by atoms with Gasteiger partial charge in [0.25, 0.3) is 0 Å². The molecular weight excluding hydrogens is 172 g/mol. The normalized spacial score (nSPS) is 23.6. The highest BCUT2D eigenvalue weighted by Crippen LogP contribution is 2.10. The van der Waals surface area contributed by atoms with Crippen LogP contribution in [0.1, 0.15) is 18.9 Å². The minimum absolute atomic E-state index is 0.518. The van der Waals surface area contributed by atoms with E-state index in [9.17, 15) is 0 Å². The third kappa shape index (κ3) is 2.34. The Balaban J connectivity index is 1.96. The predicted molar refractivity (Wildman–Crippen MR) is 58.9 cm³/mol. The number of rotatable bonds is 2. The van der Waals surface area contributed by atoms with E-state index in [-0.39, 0.29) is 0 Å². The molecule has 0 aliphatic carbocycles. The molecule has 2 rings (SSSR count). The molecule has 1 atom stereocenters. The number of nitrogens with one attached hydrogen (secondary N) is 1. The molecule has 1 N–H and O–H groups in total. The standard InChI is InChI=1S/C12H18N2/c1-11-13-8-5-9-14(11)10-12-6-3-2-4-7-12/h2-4,6-7,11,13H,5,8-10H2,1H3. The fourth-order valence-electron chi connectivity index (χ4n) is 1.95. The van der Waals surface area contributed by atoms with Gasteiger partial charge in [-0.3, -0.25) is 4.90 Å². The summed E-state index contributed by atoms with van der Waals surface area (Å²) in [6.07, 6.45) is 1.78. The van der Waals surface area contributed by atoms with E-state index in [4.69, 9.17) is 0 Å². The van der Waals surface area contributed by atoms with E-state index in [1.807, 2.05) is 0 Å². The summed E-state index contributed by atoms with van der Waals surface area (Å²) in [5.74, 6) is 0. The molecule has 1 aromatic rings. The summed E-state index contributed by atoms with van der Waals surface area (Å²) < 4.78 is 0. The largest absolute Gasteiger partial charge is 0.302 e. The van der Waals surface area contributed by atoms with Gasteiger partial charge < -0.3 is 5.32 Å². The van der Waals surface area contributed by atoms with Crippen molar-refractivity contribution < 1.29 is 0 Å². The molecule has 76 valence electrons. The van der Waals surface area contributed by atoms with Crippen LogP contribution in [0.4, 0.5) is 0 Å². The Morgan fingerprint density at radius 3 is 2.86 bits per heavy atom. The van der Waals surface area contributed by atoms with E-state index in [2.05, 4.69) is 47.5 Å². The molecule has 0 saturated carbocycles. The second kappa shape index (κ2) is 4.58. The van der Waals surface area contributed by atoms with Crippen LogP contribution in [0.25, 0.3) is 0 Å². The van der Waals surface area contributed by atoms with Crippen molar-refractivity contribution in [2.24, 2.45) is 0 Å². The lowest BCUT2D eigenvalue weighted by Crippen LogP contribution is -2.48. The summed E-state index contributed by atoms with van der Waals surface area (Å²) in [5.41, 5.74) is 1.41. The predicted octanol–water partition coefficient (Wildman–Crippen LogP) is 1.83. The van der Waals surface area contributed by atoms with Crippen LogP contribution in [0.3, 0.4) is 0 Å². The van der Waals surface area contributed by atoms with Crippen molar-refractivity contribution in [3.05, 3.63) is 35.9 Å². The van der Waals surface area contributed by atoms with Gasteiger partial charge in [-0.2, -0.15) is 0 Å². The lowest BCUT2D eigenvalue weighted by molar-refractivity contribution is 0.136. The summed E-state index contributed by atoms with van der Waals surface area (Å²) >= 11 is 0. The van der Waals surface area contributed by atoms with Crippen molar-refractivity contribution in [1.82, 2.24) is 10.2 Å². The van der Waals surface area contributed by atoms with E-state index in [1.54, 1.807) is 0 Å². The van der Waals surface area contributed by atoms with Gasteiger partial charge in [0.1, 0.15) is 0 Å². The first-order valence-corrected chi connectivity index (χ1v) is 5.37. The molecule has 1 heterocycles. The molecule has 0 radical (unpaired) electrons. The maximum absolute atomic E-state index is 3.48. The van der Waals surface area contributed by atoms with Gasteiger partial charge in [0.15, 0.2) is 0 Å². The zero-order chi connectivity index (χ0) is 9.80. The first kappa shape index (κ1) is 9.69. The zero-order valence-corrected chi connectivity index (χ0v) is 8.74. The third-order valence-corrected chi connectivity index (χ3v) is 2.84. The first-order chi connectivity index (χ1) is 6.86. The fraction of sp³-hybridized carbons (Fsp3) is 0.500. The van der Waals surface area contributed by atoms with Crippen LogP contribution >= 0.6 is 0 Å². The van der Waals surface area contributed by atoms with Gasteiger partial charge in [-0.1, -0.05) is 30.3 Å². The number of hydrogen-bond donors (Lipinski definition) is 1. The summed E-state index contributed by atoms with van der Waals surface area (Å²) in [7, 11) is 0. The number of nitrogens with zero attached hydrogens (tertiary/aromatic N) is 1. The highest BCUT2D eigenvalue weighted by molar-refractivity contribution is 5.14. The van der Waals surface area contributed by atoms with Gasteiger partial charge in [0, 0.05) is 13.1 Å². The number of hydrogen-bond acceptors (Lipinski definition) is 2. The Morgan fingerprint density at radius 2 is 2.14 bits per heavy atom. The van der Waals surface area contributed by atoms with Gasteiger partial charge in [0.05, 0.1) is 6.17 Å². The maximum atomic E-state index is 3.48. The molecule has 1 aliphatic rings. The molecule has 2 nitrogen and oxygen atoms in total. The van der Waals surface area contributed by atoms with Gasteiger partial charge in [-0.05, 0) is 25.5 Å². The van der Waals surface area contributed by atoms with Crippen LogP contribution in [-0.2, 0) is 6.54 Å². The topological polar surface area (TPSA) is 15.3 Å². The summed E-state index contributed by atoms with van der Waals surface area (Å²) in [6.45, 7) is 5.67. The maximum Gasteiger partial charge on any atom is 0.0571 e. The van der Waals surface area contributed by atoms with Crippen molar-refractivity contribution >= 4 is 0 Å². The van der Waals surface area contributed by atoms with Crippen LogP contribution in [0.15, 0.2) is 30.3 Å². The number of benzene rings is 1. The van der Waals surface area contributed by atoms with Gasteiger partial charge >= 0.3 is 0 Å². The van der Waals surface area contributed by atoms with Crippen molar-refractivity contribution in [3.8, 4) is 0 Å². The SMILES string of the molecule is CC1NCCCN1Cc1ccccc1. The van der Waals surface area contributed by atoms with Crippen molar-refractivity contribution in [3.63, 3.8) is 0 Å². The van der Waals surface area contributed by atoms with Crippen molar-refractivity contribution in [1.29, 1.82) is 0 Å². The second-order valence-electron chi connectivity index (χ2n) is 3.94. The van der Waals surface area contributed by atoms with Crippen molar-refractivity contribution in [2.45, 2.75) is 26.1 Å².